The third-order valence-electron chi connectivity index (χ3n) is 5.62. The van der Waals surface area contributed by atoms with Crippen molar-refractivity contribution in [3.63, 3.8) is 0 Å². The highest BCUT2D eigenvalue weighted by Gasteiger charge is 2.65. The van der Waals surface area contributed by atoms with Crippen molar-refractivity contribution in [3.05, 3.63) is 29.8 Å². The lowest BCUT2D eigenvalue weighted by atomic mass is 9.91. The lowest BCUT2D eigenvalue weighted by molar-refractivity contribution is -0.150. The van der Waals surface area contributed by atoms with Crippen molar-refractivity contribution in [3.8, 4) is 0 Å². The van der Waals surface area contributed by atoms with Crippen molar-refractivity contribution in [2.24, 2.45) is 5.92 Å². The molecule has 0 aliphatic carbocycles. The summed E-state index contributed by atoms with van der Waals surface area (Å²) in [4.78, 5) is 41.1. The molecule has 3 amide bonds. The molecule has 0 bridgehead atoms. The third-order valence-corrected chi connectivity index (χ3v) is 5.62. The van der Waals surface area contributed by atoms with Crippen molar-refractivity contribution in [1.82, 2.24) is 10.2 Å². The van der Waals surface area contributed by atoms with Gasteiger partial charge in [-0.3, -0.25) is 19.3 Å². The van der Waals surface area contributed by atoms with Gasteiger partial charge in [0.15, 0.2) is 0 Å². The van der Waals surface area contributed by atoms with Gasteiger partial charge in [-0.2, -0.15) is 0 Å². The molecule has 1 aromatic rings. The van der Waals surface area contributed by atoms with Gasteiger partial charge in [0.2, 0.25) is 17.7 Å². The maximum absolute atomic E-state index is 13.2. The summed E-state index contributed by atoms with van der Waals surface area (Å²) in [6, 6.07) is 5.72. The van der Waals surface area contributed by atoms with Gasteiger partial charge in [0.05, 0.1) is 5.69 Å². The van der Waals surface area contributed by atoms with Gasteiger partial charge in [-0.05, 0) is 18.4 Å². The molecular weight excluding hydrogens is 334 g/mol. The second-order valence-corrected chi connectivity index (χ2v) is 7.86. The van der Waals surface area contributed by atoms with E-state index >= 15 is 0 Å². The normalized spacial score (nSPS) is 32.4. The van der Waals surface area contributed by atoms with Crippen LogP contribution in [0.2, 0.25) is 0 Å². The average molecular weight is 357 g/mol. The Morgan fingerprint density at radius 2 is 2.04 bits per heavy atom. The summed E-state index contributed by atoms with van der Waals surface area (Å²) >= 11 is 0. The Kier molecular flexibility index (Phi) is 3.63. The largest absolute Gasteiger partial charge is 0.381 e. The van der Waals surface area contributed by atoms with E-state index in [9.17, 15) is 19.5 Å². The number of anilines is 1. The third kappa shape index (κ3) is 2.13. The minimum Gasteiger partial charge on any atom is -0.381 e. The number of fused-ring (bicyclic) bond motifs is 5. The number of nitrogens with one attached hydrogen (secondary N) is 1. The summed E-state index contributed by atoms with van der Waals surface area (Å²) in [7, 11) is 0. The highest BCUT2D eigenvalue weighted by Crippen LogP contribution is 2.53. The molecule has 3 aliphatic heterocycles. The first-order valence-corrected chi connectivity index (χ1v) is 9.00. The predicted molar refractivity (Wildman–Crippen MR) is 93.9 cm³/mol. The quantitative estimate of drug-likeness (QED) is 0.816. The van der Waals surface area contributed by atoms with Gasteiger partial charge < -0.3 is 15.3 Å². The number of carbonyl (C=O) groups excluding carboxylic acids is 3. The van der Waals surface area contributed by atoms with Gasteiger partial charge >= 0.3 is 0 Å². The van der Waals surface area contributed by atoms with Gasteiger partial charge in [0, 0.05) is 18.9 Å². The zero-order valence-corrected chi connectivity index (χ0v) is 15.1. The number of carbonyl (C=O) groups is 3. The van der Waals surface area contributed by atoms with Crippen LogP contribution in [0.5, 0.6) is 0 Å². The monoisotopic (exact) mass is 357 g/mol. The van der Waals surface area contributed by atoms with Gasteiger partial charge in [0.1, 0.15) is 23.9 Å². The fourth-order valence-corrected chi connectivity index (χ4v) is 4.64. The van der Waals surface area contributed by atoms with Crippen LogP contribution >= 0.6 is 0 Å². The highest BCUT2D eigenvalue weighted by molar-refractivity contribution is 6.02. The van der Waals surface area contributed by atoms with E-state index in [4.69, 9.17) is 0 Å². The van der Waals surface area contributed by atoms with E-state index in [0.29, 0.717) is 17.7 Å². The van der Waals surface area contributed by atoms with E-state index in [1.165, 1.54) is 16.7 Å². The predicted octanol–water partition coefficient (Wildman–Crippen LogP) is 0.712. The van der Waals surface area contributed by atoms with Gasteiger partial charge in [-0.25, -0.2) is 0 Å². The molecular formula is C19H23N3O4. The number of amides is 3. The van der Waals surface area contributed by atoms with E-state index in [-0.39, 0.29) is 30.1 Å². The Hall–Kier alpha value is -2.41. The van der Waals surface area contributed by atoms with E-state index in [1.54, 1.807) is 24.3 Å². The molecule has 138 valence electrons. The summed E-state index contributed by atoms with van der Waals surface area (Å²) in [6.07, 6.45) is -0.272. The number of para-hydroxylation sites is 1. The number of hydrogen-bond donors (Lipinski definition) is 2. The summed E-state index contributed by atoms with van der Waals surface area (Å²) in [6.45, 7) is 5.38. The molecule has 0 aromatic heterocycles. The molecule has 2 N–H and O–H groups in total. The van der Waals surface area contributed by atoms with Crippen molar-refractivity contribution in [2.75, 3.05) is 4.90 Å². The number of aliphatic hydroxyl groups is 1. The Morgan fingerprint density at radius 1 is 1.35 bits per heavy atom. The zero-order valence-electron chi connectivity index (χ0n) is 15.1. The van der Waals surface area contributed by atoms with Crippen LogP contribution in [-0.2, 0) is 20.0 Å². The maximum atomic E-state index is 13.2. The molecule has 0 radical (unpaired) electrons. The van der Waals surface area contributed by atoms with E-state index in [2.05, 4.69) is 5.32 Å². The topological polar surface area (TPSA) is 90.0 Å². The lowest BCUT2D eigenvalue weighted by Gasteiger charge is -2.41. The number of rotatable bonds is 2. The first-order valence-electron chi connectivity index (χ1n) is 9.00. The van der Waals surface area contributed by atoms with Crippen molar-refractivity contribution in [2.45, 2.75) is 57.5 Å². The van der Waals surface area contributed by atoms with Gasteiger partial charge in [0.25, 0.3) is 0 Å². The number of benzene rings is 1. The molecule has 2 saturated heterocycles. The van der Waals surface area contributed by atoms with Gasteiger partial charge in [-0.15, -0.1) is 0 Å². The molecule has 26 heavy (non-hydrogen) atoms. The Morgan fingerprint density at radius 3 is 2.69 bits per heavy atom. The van der Waals surface area contributed by atoms with E-state index in [0.717, 1.165) is 0 Å². The summed E-state index contributed by atoms with van der Waals surface area (Å²) in [5, 5.41) is 14.3. The SMILES string of the molecule is CC(=O)N1c2ccccc2[C@]2(O)C[C@@H]3C(=O)N[C@H](CC(C)C)C(=O)N3[C@H]12. The molecule has 0 spiro atoms. The van der Waals surface area contributed by atoms with Crippen LogP contribution in [0, 0.1) is 5.92 Å². The molecule has 7 heteroatoms. The Labute approximate surface area is 152 Å². The first-order chi connectivity index (χ1) is 12.3. The molecule has 7 nitrogen and oxygen atoms in total. The lowest BCUT2D eigenvalue weighted by Crippen LogP contribution is -2.66. The minimum atomic E-state index is -1.44. The average Bonchev–Trinajstić information content (AvgIpc) is 3.00. The Balaban J connectivity index is 1.82. The fraction of sp³-hybridized carbons (Fsp3) is 0.526. The van der Waals surface area contributed by atoms with Crippen LogP contribution in [-0.4, -0.2) is 46.0 Å². The number of nitrogens with zero attached hydrogens (tertiary/aromatic N) is 2. The fourth-order valence-electron chi connectivity index (χ4n) is 4.64. The van der Waals surface area contributed by atoms with E-state index in [1.807, 2.05) is 13.8 Å². The van der Waals surface area contributed by atoms with Crippen molar-refractivity contribution >= 4 is 23.4 Å². The summed E-state index contributed by atoms with van der Waals surface area (Å²) in [5.41, 5.74) is -0.243. The van der Waals surface area contributed by atoms with E-state index < -0.39 is 23.9 Å². The second-order valence-electron chi connectivity index (χ2n) is 7.86. The maximum Gasteiger partial charge on any atom is 0.247 e. The Bertz CT molecular complexity index is 808. The van der Waals surface area contributed by atoms with Crippen LogP contribution in [0.3, 0.4) is 0 Å². The number of piperazine rings is 1. The molecule has 4 rings (SSSR count). The van der Waals surface area contributed by atoms with Crippen molar-refractivity contribution < 1.29 is 19.5 Å². The number of hydrogen-bond acceptors (Lipinski definition) is 4. The zero-order chi connectivity index (χ0) is 18.8. The van der Waals surface area contributed by atoms with Crippen LogP contribution in [0.4, 0.5) is 5.69 Å². The molecule has 0 unspecified atom stereocenters. The first kappa shape index (κ1) is 17.0. The molecule has 1 aromatic carbocycles. The van der Waals surface area contributed by atoms with Crippen LogP contribution in [0.1, 0.15) is 39.2 Å². The van der Waals surface area contributed by atoms with Crippen LogP contribution in [0.15, 0.2) is 24.3 Å². The molecule has 0 saturated carbocycles. The van der Waals surface area contributed by atoms with Gasteiger partial charge in [-0.1, -0.05) is 32.0 Å². The summed E-state index contributed by atoms with van der Waals surface area (Å²) < 4.78 is 0. The molecule has 4 atom stereocenters. The van der Waals surface area contributed by atoms with Crippen molar-refractivity contribution in [1.29, 1.82) is 0 Å². The standard InChI is InChI=1S/C19H23N3O4/c1-10(2)8-13-17(25)22-15(16(24)20-13)9-19(26)12-6-4-5-7-14(12)21(11(3)23)18(19)22/h4-7,10,13,15,18,26H,8-9H2,1-3H3,(H,20,24)/t13-,15-,18+,19-/m1/s1. The molecule has 3 aliphatic rings. The molecule has 3 heterocycles. The van der Waals surface area contributed by atoms with Crippen LogP contribution in [0.25, 0.3) is 0 Å². The summed E-state index contributed by atoms with van der Waals surface area (Å²) in [5.74, 6) is -0.535. The molecule has 2 fully saturated rings. The second kappa shape index (κ2) is 5.54. The van der Waals surface area contributed by atoms with Crippen LogP contribution < -0.4 is 10.2 Å². The highest BCUT2D eigenvalue weighted by atomic mass is 16.3. The minimum absolute atomic E-state index is 0.0877. The smallest absolute Gasteiger partial charge is 0.247 e.